The van der Waals surface area contributed by atoms with Crippen molar-refractivity contribution in [1.29, 1.82) is 0 Å². The summed E-state index contributed by atoms with van der Waals surface area (Å²) in [5.74, 6) is -0.732. The van der Waals surface area contributed by atoms with Crippen molar-refractivity contribution in [3.05, 3.63) is 33.1 Å². The minimum absolute atomic E-state index is 0.215. The molecule has 2 aliphatic heterocycles. The van der Waals surface area contributed by atoms with E-state index in [1.54, 1.807) is 0 Å². The van der Waals surface area contributed by atoms with Crippen molar-refractivity contribution >= 4 is 0 Å². The summed E-state index contributed by atoms with van der Waals surface area (Å²) in [6, 6.07) is 1.32. The molecule has 0 spiro atoms. The maximum atomic E-state index is 12.7. The van der Waals surface area contributed by atoms with E-state index < -0.39 is 41.6 Å². The van der Waals surface area contributed by atoms with E-state index in [9.17, 15) is 14.7 Å². The van der Waals surface area contributed by atoms with Crippen LogP contribution < -0.4 is 11.2 Å². The van der Waals surface area contributed by atoms with Gasteiger partial charge in [-0.25, -0.2) is 4.79 Å². The van der Waals surface area contributed by atoms with Crippen molar-refractivity contribution in [3.63, 3.8) is 0 Å². The van der Waals surface area contributed by atoms with Gasteiger partial charge in [0.2, 0.25) is 0 Å². The lowest BCUT2D eigenvalue weighted by atomic mass is 9.98. The molecule has 4 unspecified atom stereocenters. The lowest BCUT2D eigenvalue weighted by Crippen LogP contribution is -2.38. The summed E-state index contributed by atoms with van der Waals surface area (Å²) in [4.78, 5) is 26.8. The fraction of sp³-hybridized carbons (Fsp3) is 0.909. The van der Waals surface area contributed by atoms with E-state index in [-0.39, 0.29) is 6.61 Å². The molecule has 0 amide bonds. The van der Waals surface area contributed by atoms with Gasteiger partial charge in [-0.1, -0.05) is 194 Å². The molecule has 3 heterocycles. The lowest BCUT2D eigenvalue weighted by molar-refractivity contribution is -0.228. The number of aromatic nitrogens is 2. The Balaban J connectivity index is 1.38. The number of H-pyrrole nitrogens is 1. The van der Waals surface area contributed by atoms with Gasteiger partial charge in [-0.2, -0.15) is 0 Å². The van der Waals surface area contributed by atoms with Gasteiger partial charge in [-0.3, -0.25) is 14.3 Å². The summed E-state index contributed by atoms with van der Waals surface area (Å²) in [6.45, 7) is 4.35. The highest BCUT2D eigenvalue weighted by molar-refractivity contribution is 5.00. The number of aliphatic hydroxyl groups is 1. The molecule has 0 bridgehead atoms. The van der Waals surface area contributed by atoms with E-state index in [0.717, 1.165) is 38.5 Å². The fourth-order valence-corrected chi connectivity index (χ4v) is 8.39. The van der Waals surface area contributed by atoms with Crippen molar-refractivity contribution in [2.45, 2.75) is 250 Å². The summed E-state index contributed by atoms with van der Waals surface area (Å²) < 4.78 is 21.0. The monoisotopic (exact) mass is 733 g/mol. The Bertz CT molecular complexity index is 1090. The minimum atomic E-state index is -0.754. The molecule has 1 aromatic heterocycles. The van der Waals surface area contributed by atoms with Crippen molar-refractivity contribution in [2.75, 3.05) is 6.61 Å². The Kier molecular flexibility index (Phi) is 24.2. The number of unbranched alkanes of at least 4 members (excludes halogenated alkanes) is 28. The molecule has 1 aromatic rings. The first-order valence-corrected chi connectivity index (χ1v) is 22.5. The summed E-state index contributed by atoms with van der Waals surface area (Å²) in [5.41, 5.74) is -0.991. The SMILES string of the molecule is CCCCCCCCCCCCCCCCCC1(CCCCCCCCCCCCCCCCC)OC2C(CO)OC(n3ccc(=O)[nH]c3=O)C2O1. The van der Waals surface area contributed by atoms with Gasteiger partial charge < -0.3 is 19.3 Å². The molecule has 0 radical (unpaired) electrons. The number of rotatable bonds is 34. The molecule has 302 valence electrons. The van der Waals surface area contributed by atoms with Crippen LogP contribution in [-0.2, 0) is 14.2 Å². The second-order valence-electron chi connectivity index (χ2n) is 16.2. The van der Waals surface area contributed by atoms with Crippen LogP contribution in [0.5, 0.6) is 0 Å². The number of aromatic amines is 1. The third-order valence-corrected chi connectivity index (χ3v) is 11.6. The summed E-state index contributed by atoms with van der Waals surface area (Å²) in [6.07, 6.45) is 40.5. The van der Waals surface area contributed by atoms with E-state index in [0.29, 0.717) is 0 Å². The molecular weight excluding hydrogens is 652 g/mol. The van der Waals surface area contributed by atoms with Crippen LogP contribution in [-0.4, -0.2) is 45.4 Å². The molecule has 2 aliphatic rings. The van der Waals surface area contributed by atoms with Crippen LogP contribution in [0, 0.1) is 0 Å². The first-order chi connectivity index (χ1) is 25.5. The van der Waals surface area contributed by atoms with Gasteiger partial charge in [0.15, 0.2) is 12.0 Å². The molecule has 0 aliphatic carbocycles. The summed E-state index contributed by atoms with van der Waals surface area (Å²) in [7, 11) is 0. The van der Waals surface area contributed by atoms with Crippen LogP contribution in [0.2, 0.25) is 0 Å². The average Bonchev–Trinajstić information content (AvgIpc) is 3.67. The molecule has 0 saturated carbocycles. The van der Waals surface area contributed by atoms with Crippen LogP contribution >= 0.6 is 0 Å². The van der Waals surface area contributed by atoms with Crippen molar-refractivity contribution in [2.24, 2.45) is 0 Å². The molecule has 52 heavy (non-hydrogen) atoms. The first-order valence-electron chi connectivity index (χ1n) is 22.5. The molecule has 3 rings (SSSR count). The highest BCUT2D eigenvalue weighted by Crippen LogP contribution is 2.46. The van der Waals surface area contributed by atoms with Gasteiger partial charge in [-0.15, -0.1) is 0 Å². The summed E-state index contributed by atoms with van der Waals surface area (Å²) >= 11 is 0. The van der Waals surface area contributed by atoms with E-state index in [1.807, 2.05) is 0 Å². The zero-order chi connectivity index (χ0) is 37.1. The van der Waals surface area contributed by atoms with Crippen LogP contribution in [0.25, 0.3) is 0 Å². The molecule has 8 nitrogen and oxygen atoms in total. The van der Waals surface area contributed by atoms with Crippen LogP contribution in [0.4, 0.5) is 0 Å². The molecule has 0 aromatic carbocycles. The molecule has 4 atom stereocenters. The first kappa shape index (κ1) is 44.9. The number of aliphatic hydroxyl groups excluding tert-OH is 1. The number of hydrogen-bond acceptors (Lipinski definition) is 6. The molecule has 2 N–H and O–H groups in total. The average molecular weight is 733 g/mol. The third-order valence-electron chi connectivity index (χ3n) is 11.6. The Morgan fingerprint density at radius 1 is 0.577 bits per heavy atom. The van der Waals surface area contributed by atoms with Gasteiger partial charge in [0.25, 0.3) is 5.56 Å². The van der Waals surface area contributed by atoms with Gasteiger partial charge in [0, 0.05) is 25.1 Å². The Hall–Kier alpha value is -1.48. The molecule has 8 heteroatoms. The van der Waals surface area contributed by atoms with Crippen LogP contribution in [0.15, 0.2) is 21.9 Å². The normalized spacial score (nSPS) is 20.9. The maximum absolute atomic E-state index is 12.7. The van der Waals surface area contributed by atoms with Crippen LogP contribution in [0.3, 0.4) is 0 Å². The third kappa shape index (κ3) is 17.3. The smallest absolute Gasteiger partial charge is 0.330 e. The van der Waals surface area contributed by atoms with Crippen molar-refractivity contribution in [1.82, 2.24) is 9.55 Å². The van der Waals surface area contributed by atoms with Gasteiger partial charge >= 0.3 is 5.69 Å². The second-order valence-corrected chi connectivity index (χ2v) is 16.2. The van der Waals surface area contributed by atoms with Gasteiger partial charge in [0.1, 0.15) is 18.3 Å². The highest BCUT2D eigenvalue weighted by atomic mass is 16.8. The largest absolute Gasteiger partial charge is 0.394 e. The van der Waals surface area contributed by atoms with Gasteiger partial charge in [0.05, 0.1) is 6.61 Å². The number of nitrogens with zero attached hydrogens (tertiary/aromatic N) is 1. The number of nitrogens with one attached hydrogen (secondary N) is 1. The minimum Gasteiger partial charge on any atom is -0.394 e. The van der Waals surface area contributed by atoms with E-state index in [4.69, 9.17) is 14.2 Å². The van der Waals surface area contributed by atoms with Crippen molar-refractivity contribution < 1.29 is 19.3 Å². The lowest BCUT2D eigenvalue weighted by Gasteiger charge is -2.31. The predicted molar refractivity (Wildman–Crippen MR) is 214 cm³/mol. The highest BCUT2D eigenvalue weighted by Gasteiger charge is 2.58. The van der Waals surface area contributed by atoms with Crippen molar-refractivity contribution in [3.8, 4) is 0 Å². The Morgan fingerprint density at radius 2 is 0.942 bits per heavy atom. The van der Waals surface area contributed by atoms with E-state index in [2.05, 4.69) is 18.8 Å². The zero-order valence-corrected chi connectivity index (χ0v) is 33.7. The number of ether oxygens (including phenoxy) is 3. The number of fused-ring (bicyclic) bond motifs is 1. The molecule has 2 fully saturated rings. The predicted octanol–water partition coefficient (Wildman–Crippen LogP) is 11.4. The second kappa shape index (κ2) is 28.0. The molecular formula is C44H80N2O6. The quantitative estimate of drug-likeness (QED) is 0.0684. The Morgan fingerprint density at radius 3 is 1.31 bits per heavy atom. The summed E-state index contributed by atoms with van der Waals surface area (Å²) in [5, 5.41) is 10.2. The van der Waals surface area contributed by atoms with E-state index in [1.165, 1.54) is 184 Å². The standard InChI is InChI=1S/C44H80N2O6/c1-3-5-7-9-11-13-15-17-19-21-23-25-27-29-31-34-44(35-32-30-28-26-24-22-20-18-16-14-12-10-8-6-4-2)51-40-38(37-47)50-42(41(40)52-44)46-36-33-39(48)45-43(46)49/h33,36,38,40-42,47H,3-32,34-35,37H2,1-2H3,(H,45,48,49). The number of hydrogen-bond donors (Lipinski definition) is 2. The maximum Gasteiger partial charge on any atom is 0.330 e. The van der Waals surface area contributed by atoms with E-state index >= 15 is 0 Å². The van der Waals surface area contributed by atoms with Crippen LogP contribution in [0.1, 0.15) is 226 Å². The Labute approximate surface area is 317 Å². The topological polar surface area (TPSA) is 103 Å². The zero-order valence-electron chi connectivity index (χ0n) is 33.7. The fourth-order valence-electron chi connectivity index (χ4n) is 8.39. The van der Waals surface area contributed by atoms with Gasteiger partial charge in [-0.05, 0) is 12.8 Å². The molecule has 2 saturated heterocycles.